The molecular weight excluding hydrogens is 218 g/mol. The predicted octanol–water partition coefficient (Wildman–Crippen LogP) is 3.34. The lowest BCUT2D eigenvalue weighted by molar-refractivity contribution is 0.435. The number of hydrogen-bond acceptors (Lipinski definition) is 4. The van der Waals surface area contributed by atoms with Gasteiger partial charge in [-0.25, -0.2) is 4.98 Å². The molecule has 0 aromatic carbocycles. The highest BCUT2D eigenvalue weighted by molar-refractivity contribution is 7.09. The van der Waals surface area contributed by atoms with Gasteiger partial charge in [-0.05, 0) is 31.1 Å². The van der Waals surface area contributed by atoms with Crippen molar-refractivity contribution >= 4 is 16.7 Å². The van der Waals surface area contributed by atoms with Crippen molar-refractivity contribution in [2.24, 2.45) is 11.8 Å². The van der Waals surface area contributed by atoms with Crippen molar-refractivity contribution in [3.05, 3.63) is 5.82 Å². The molecule has 0 radical (unpaired) electrons. The highest BCUT2D eigenvalue weighted by atomic mass is 32.1. The van der Waals surface area contributed by atoms with Crippen LogP contribution >= 0.6 is 11.5 Å². The molecule has 3 atom stereocenters. The zero-order valence-corrected chi connectivity index (χ0v) is 11.2. The second-order valence-corrected chi connectivity index (χ2v) is 5.68. The van der Waals surface area contributed by atoms with Crippen LogP contribution in [0.2, 0.25) is 0 Å². The normalized spacial score (nSPS) is 29.6. The van der Waals surface area contributed by atoms with E-state index in [0.29, 0.717) is 6.04 Å². The van der Waals surface area contributed by atoms with Gasteiger partial charge in [0.1, 0.15) is 5.82 Å². The van der Waals surface area contributed by atoms with E-state index in [9.17, 15) is 0 Å². The first-order valence-corrected chi connectivity index (χ1v) is 7.07. The summed E-state index contributed by atoms with van der Waals surface area (Å²) in [4.78, 5) is 4.52. The first-order chi connectivity index (χ1) is 7.70. The lowest BCUT2D eigenvalue weighted by Crippen LogP contribution is -2.23. The largest absolute Gasteiger partial charge is 0.357 e. The molecule has 1 heterocycles. The molecule has 4 heteroatoms. The molecule has 1 aliphatic carbocycles. The van der Waals surface area contributed by atoms with E-state index >= 15 is 0 Å². The van der Waals surface area contributed by atoms with Crippen LogP contribution in [0, 0.1) is 11.8 Å². The van der Waals surface area contributed by atoms with Gasteiger partial charge in [-0.2, -0.15) is 4.37 Å². The van der Waals surface area contributed by atoms with Gasteiger partial charge in [0, 0.05) is 24.0 Å². The van der Waals surface area contributed by atoms with Crippen LogP contribution in [-0.2, 0) is 6.42 Å². The lowest BCUT2D eigenvalue weighted by atomic mass is 9.98. The number of nitrogens with one attached hydrogen (secondary N) is 1. The number of aromatic nitrogens is 2. The van der Waals surface area contributed by atoms with Crippen molar-refractivity contribution in [1.29, 1.82) is 0 Å². The van der Waals surface area contributed by atoms with Crippen molar-refractivity contribution in [3.63, 3.8) is 0 Å². The zero-order chi connectivity index (χ0) is 11.5. The molecule has 1 fully saturated rings. The molecule has 1 aromatic heterocycles. The fraction of sp³-hybridized carbons (Fsp3) is 0.833. The molecule has 1 aliphatic rings. The minimum Gasteiger partial charge on any atom is -0.357 e. The molecule has 3 unspecified atom stereocenters. The summed E-state index contributed by atoms with van der Waals surface area (Å²) in [5, 5.41) is 4.55. The highest BCUT2D eigenvalue weighted by Crippen LogP contribution is 2.33. The van der Waals surface area contributed by atoms with E-state index in [1.165, 1.54) is 24.4 Å². The van der Waals surface area contributed by atoms with Gasteiger partial charge >= 0.3 is 0 Å². The van der Waals surface area contributed by atoms with E-state index in [0.717, 1.165) is 35.6 Å². The number of aryl methyl sites for hydroxylation is 1. The van der Waals surface area contributed by atoms with Gasteiger partial charge in [-0.15, -0.1) is 0 Å². The van der Waals surface area contributed by atoms with Crippen LogP contribution in [0.5, 0.6) is 0 Å². The Morgan fingerprint density at radius 1 is 1.38 bits per heavy atom. The highest BCUT2D eigenvalue weighted by Gasteiger charge is 2.30. The quantitative estimate of drug-likeness (QED) is 0.875. The fourth-order valence-electron chi connectivity index (χ4n) is 2.36. The summed E-state index contributed by atoms with van der Waals surface area (Å²) < 4.78 is 4.36. The Morgan fingerprint density at radius 2 is 2.19 bits per heavy atom. The second-order valence-electron chi connectivity index (χ2n) is 4.93. The lowest BCUT2D eigenvalue weighted by Gasteiger charge is -2.18. The number of hydrogen-bond donors (Lipinski definition) is 1. The summed E-state index contributed by atoms with van der Waals surface area (Å²) in [6.07, 6.45) is 4.71. The monoisotopic (exact) mass is 239 g/mol. The number of nitrogens with zero attached hydrogens (tertiary/aromatic N) is 2. The molecular formula is C12H21N3S. The Bertz CT molecular complexity index is 337. The average Bonchev–Trinajstić information content (AvgIpc) is 2.82. The molecule has 0 saturated heterocycles. The summed E-state index contributed by atoms with van der Waals surface area (Å²) in [5.74, 6) is 2.58. The Hall–Kier alpha value is -0.640. The maximum absolute atomic E-state index is 4.52. The molecule has 2 rings (SSSR count). The molecule has 0 bridgehead atoms. The minimum absolute atomic E-state index is 0.595. The van der Waals surface area contributed by atoms with Crippen LogP contribution in [0.3, 0.4) is 0 Å². The van der Waals surface area contributed by atoms with E-state index in [4.69, 9.17) is 0 Å². The van der Waals surface area contributed by atoms with E-state index < -0.39 is 0 Å². The van der Waals surface area contributed by atoms with E-state index in [2.05, 4.69) is 35.4 Å². The number of rotatable bonds is 4. The van der Waals surface area contributed by atoms with Crippen LogP contribution in [0.25, 0.3) is 0 Å². The van der Waals surface area contributed by atoms with Gasteiger partial charge in [0.2, 0.25) is 5.13 Å². The molecule has 1 aromatic rings. The smallest absolute Gasteiger partial charge is 0.202 e. The van der Waals surface area contributed by atoms with Crippen molar-refractivity contribution in [1.82, 2.24) is 9.36 Å². The van der Waals surface area contributed by atoms with Crippen molar-refractivity contribution in [2.45, 2.75) is 52.5 Å². The first kappa shape index (κ1) is 11.8. The van der Waals surface area contributed by atoms with Gasteiger partial charge in [-0.3, -0.25) is 0 Å². The SMILES string of the molecule is CCCc1nsc(NC2CCC(C)C2C)n1. The van der Waals surface area contributed by atoms with Crippen molar-refractivity contribution < 1.29 is 0 Å². The molecule has 3 nitrogen and oxygen atoms in total. The molecule has 0 amide bonds. The van der Waals surface area contributed by atoms with Crippen LogP contribution in [-0.4, -0.2) is 15.4 Å². The summed E-state index contributed by atoms with van der Waals surface area (Å²) in [6.45, 7) is 6.84. The van der Waals surface area contributed by atoms with Crippen molar-refractivity contribution in [2.75, 3.05) is 5.32 Å². The third-order valence-electron chi connectivity index (χ3n) is 3.72. The van der Waals surface area contributed by atoms with E-state index in [1.807, 2.05) is 0 Å². The molecule has 1 N–H and O–H groups in total. The third-order valence-corrected chi connectivity index (χ3v) is 4.40. The summed E-state index contributed by atoms with van der Waals surface area (Å²) in [6, 6.07) is 0.595. The summed E-state index contributed by atoms with van der Waals surface area (Å²) in [5.41, 5.74) is 0. The summed E-state index contributed by atoms with van der Waals surface area (Å²) in [7, 11) is 0. The maximum atomic E-state index is 4.52. The topological polar surface area (TPSA) is 37.8 Å². The predicted molar refractivity (Wildman–Crippen MR) is 68.9 cm³/mol. The van der Waals surface area contributed by atoms with Gasteiger partial charge in [0.15, 0.2) is 0 Å². The Kier molecular flexibility index (Phi) is 3.79. The summed E-state index contributed by atoms with van der Waals surface area (Å²) >= 11 is 1.51. The average molecular weight is 239 g/mol. The van der Waals surface area contributed by atoms with Gasteiger partial charge in [-0.1, -0.05) is 20.8 Å². The third kappa shape index (κ3) is 2.54. The van der Waals surface area contributed by atoms with Gasteiger partial charge in [0.05, 0.1) is 0 Å². The Morgan fingerprint density at radius 3 is 2.81 bits per heavy atom. The Balaban J connectivity index is 1.93. The molecule has 90 valence electrons. The molecule has 1 saturated carbocycles. The van der Waals surface area contributed by atoms with Crippen LogP contribution in [0.1, 0.15) is 45.9 Å². The van der Waals surface area contributed by atoms with Gasteiger partial charge in [0.25, 0.3) is 0 Å². The van der Waals surface area contributed by atoms with E-state index in [1.54, 1.807) is 0 Å². The second kappa shape index (κ2) is 5.13. The van der Waals surface area contributed by atoms with Crippen LogP contribution in [0.4, 0.5) is 5.13 Å². The molecule has 0 aliphatic heterocycles. The molecule has 0 spiro atoms. The fourth-order valence-corrected chi connectivity index (χ4v) is 3.04. The zero-order valence-electron chi connectivity index (χ0n) is 10.4. The van der Waals surface area contributed by atoms with Gasteiger partial charge < -0.3 is 5.32 Å². The minimum atomic E-state index is 0.595. The van der Waals surface area contributed by atoms with E-state index in [-0.39, 0.29) is 0 Å². The standard InChI is InChI=1S/C12H21N3S/c1-4-5-11-14-12(16-15-11)13-10-7-6-8(2)9(10)3/h8-10H,4-7H2,1-3H3,(H,13,14,15). The molecule has 16 heavy (non-hydrogen) atoms. The maximum Gasteiger partial charge on any atom is 0.202 e. The van der Waals surface area contributed by atoms with Crippen molar-refractivity contribution in [3.8, 4) is 0 Å². The van der Waals surface area contributed by atoms with Crippen LogP contribution < -0.4 is 5.32 Å². The number of anilines is 1. The van der Waals surface area contributed by atoms with Crippen LogP contribution in [0.15, 0.2) is 0 Å². The Labute approximate surface area is 102 Å². The first-order valence-electron chi connectivity index (χ1n) is 6.29.